The summed E-state index contributed by atoms with van der Waals surface area (Å²) in [6.45, 7) is 5.26. The molecule has 8 nitrogen and oxygen atoms in total. The van der Waals surface area contributed by atoms with Gasteiger partial charge < -0.3 is 23.8 Å². The number of rotatable bonds is 25. The van der Waals surface area contributed by atoms with Crippen molar-refractivity contribution < 1.29 is 37.5 Å². The lowest BCUT2D eigenvalue weighted by Crippen LogP contribution is -2.13. The number of phosphoric acid groups is 1. The molecule has 0 spiro atoms. The van der Waals surface area contributed by atoms with Crippen molar-refractivity contribution in [3.8, 4) is 5.75 Å². The lowest BCUT2D eigenvalue weighted by molar-refractivity contribution is 0.00283. The molecule has 0 aliphatic carbocycles. The summed E-state index contributed by atoms with van der Waals surface area (Å²) in [7, 11) is -4.02. The molecule has 0 saturated heterocycles. The monoisotopic (exact) mass is 554 g/mol. The summed E-state index contributed by atoms with van der Waals surface area (Å²) in [6.07, 6.45) is 10.6. The largest absolute Gasteiger partial charge is 0.491 e. The van der Waals surface area contributed by atoms with Crippen LogP contribution in [0.25, 0.3) is 10.8 Å². The number of unbranched alkanes of at least 4 members (excludes halogenated alkanes) is 8. The van der Waals surface area contributed by atoms with E-state index in [0.717, 1.165) is 35.8 Å². The van der Waals surface area contributed by atoms with Gasteiger partial charge in [0.2, 0.25) is 0 Å². The van der Waals surface area contributed by atoms with Gasteiger partial charge in [-0.2, -0.15) is 0 Å². The summed E-state index contributed by atoms with van der Waals surface area (Å²) in [4.78, 5) is 9.72. The minimum Gasteiger partial charge on any atom is -0.491 e. The maximum absolute atomic E-state index is 11.9. The van der Waals surface area contributed by atoms with Crippen LogP contribution in [0.3, 0.4) is 0 Å². The first-order valence-electron chi connectivity index (χ1n) is 14.1. The lowest BCUT2D eigenvalue weighted by Gasteiger charge is -2.12. The normalized spacial score (nSPS) is 13.1. The molecule has 0 amide bonds. The van der Waals surface area contributed by atoms with Crippen molar-refractivity contribution in [1.82, 2.24) is 0 Å². The fourth-order valence-electron chi connectivity index (χ4n) is 3.92. The molecule has 0 heterocycles. The van der Waals surface area contributed by atoms with Crippen molar-refractivity contribution in [3.05, 3.63) is 42.5 Å². The van der Waals surface area contributed by atoms with E-state index in [1.807, 2.05) is 30.3 Å². The summed E-state index contributed by atoms with van der Waals surface area (Å²) in [5.41, 5.74) is 0. The summed E-state index contributed by atoms with van der Waals surface area (Å²) in [5.74, 6) is 0.854. The average molecular weight is 555 g/mol. The minimum atomic E-state index is -4.02. The fourth-order valence-corrected chi connectivity index (χ4v) is 4.66. The van der Waals surface area contributed by atoms with Gasteiger partial charge in [-0.05, 0) is 17.9 Å². The first kappa shape index (κ1) is 32.7. The van der Waals surface area contributed by atoms with E-state index in [4.69, 9.17) is 28.0 Å². The van der Waals surface area contributed by atoms with Crippen LogP contribution in [0.2, 0.25) is 0 Å². The zero-order chi connectivity index (χ0) is 27.2. The van der Waals surface area contributed by atoms with Crippen LogP contribution in [0.15, 0.2) is 42.5 Å². The molecular weight excluding hydrogens is 507 g/mol. The van der Waals surface area contributed by atoms with Gasteiger partial charge in [-0.25, -0.2) is 4.57 Å². The van der Waals surface area contributed by atoms with E-state index in [1.165, 1.54) is 38.5 Å². The number of phosphoric ester groups is 1. The number of hydrogen-bond acceptors (Lipinski definition) is 7. The van der Waals surface area contributed by atoms with Gasteiger partial charge in [0, 0.05) is 5.39 Å². The molecule has 2 aromatic rings. The Bertz CT molecular complexity index is 889. The molecule has 0 aliphatic rings. The molecule has 216 valence electrons. The Morgan fingerprint density at radius 1 is 0.605 bits per heavy atom. The molecule has 1 unspecified atom stereocenters. The van der Waals surface area contributed by atoms with Crippen LogP contribution in [0.1, 0.15) is 64.7 Å². The van der Waals surface area contributed by atoms with E-state index < -0.39 is 7.82 Å². The zero-order valence-electron chi connectivity index (χ0n) is 23.0. The highest BCUT2D eigenvalue weighted by Crippen LogP contribution is 2.43. The van der Waals surface area contributed by atoms with E-state index in [-0.39, 0.29) is 19.8 Å². The van der Waals surface area contributed by atoms with Crippen LogP contribution in [0.5, 0.6) is 5.75 Å². The molecule has 1 atom stereocenters. The number of fused-ring (bicyclic) bond motifs is 1. The Kier molecular flexibility index (Phi) is 18.4. The third kappa shape index (κ3) is 15.8. The lowest BCUT2D eigenvalue weighted by atomic mass is 10.1. The van der Waals surface area contributed by atoms with Crippen LogP contribution in [-0.2, 0) is 27.8 Å². The Morgan fingerprint density at radius 3 is 1.82 bits per heavy atom. The fraction of sp³-hybridized carbons (Fsp3) is 0.655. The molecule has 0 aromatic heterocycles. The SMILES string of the molecule is CCCCCCCCCCCOP(=O)(O)OCCOCCOCCOCCOc1cccc2ccccc12. The second kappa shape index (κ2) is 21.3. The topological polar surface area (TPSA) is 92.7 Å². The first-order valence-corrected chi connectivity index (χ1v) is 15.6. The minimum absolute atomic E-state index is 0.00858. The van der Waals surface area contributed by atoms with E-state index in [0.29, 0.717) is 39.6 Å². The molecule has 38 heavy (non-hydrogen) atoms. The van der Waals surface area contributed by atoms with Gasteiger partial charge in [0.1, 0.15) is 12.4 Å². The van der Waals surface area contributed by atoms with Gasteiger partial charge in [0.15, 0.2) is 0 Å². The van der Waals surface area contributed by atoms with Crippen LogP contribution < -0.4 is 4.74 Å². The molecule has 0 fully saturated rings. The number of ether oxygens (including phenoxy) is 4. The van der Waals surface area contributed by atoms with Crippen molar-refractivity contribution in [2.24, 2.45) is 0 Å². The van der Waals surface area contributed by atoms with Crippen molar-refractivity contribution in [3.63, 3.8) is 0 Å². The van der Waals surface area contributed by atoms with Gasteiger partial charge in [-0.15, -0.1) is 0 Å². The Morgan fingerprint density at radius 2 is 1.13 bits per heavy atom. The predicted molar refractivity (Wildman–Crippen MR) is 151 cm³/mol. The highest BCUT2D eigenvalue weighted by atomic mass is 31.2. The third-order valence-corrected chi connectivity index (χ3v) is 6.98. The van der Waals surface area contributed by atoms with E-state index in [2.05, 4.69) is 19.1 Å². The van der Waals surface area contributed by atoms with Crippen molar-refractivity contribution in [2.45, 2.75) is 64.7 Å². The predicted octanol–water partition coefficient (Wildman–Crippen LogP) is 6.93. The molecule has 0 aliphatic heterocycles. The van der Waals surface area contributed by atoms with Gasteiger partial charge in [-0.1, -0.05) is 94.7 Å². The quantitative estimate of drug-likeness (QED) is 0.104. The molecule has 2 aromatic carbocycles. The van der Waals surface area contributed by atoms with Gasteiger partial charge >= 0.3 is 7.82 Å². The number of hydrogen-bond donors (Lipinski definition) is 1. The van der Waals surface area contributed by atoms with E-state index in [1.54, 1.807) is 0 Å². The molecule has 2 rings (SSSR count). The van der Waals surface area contributed by atoms with Gasteiger partial charge in [0.05, 0.1) is 52.9 Å². The Hall–Kier alpha value is -1.51. The smallest absolute Gasteiger partial charge is 0.472 e. The third-order valence-electron chi connectivity index (χ3n) is 5.96. The zero-order valence-corrected chi connectivity index (χ0v) is 23.9. The molecule has 0 radical (unpaired) electrons. The van der Waals surface area contributed by atoms with Crippen LogP contribution in [-0.4, -0.2) is 64.4 Å². The molecule has 0 saturated carbocycles. The standard InChI is InChI=1S/C29H47O8P/c1-2-3-4-5-6-7-8-9-12-18-36-38(30,31)37-26-24-34-22-20-32-19-21-33-23-25-35-29-17-13-15-27-14-10-11-16-28(27)29/h10-11,13-17H,2-9,12,18-26H2,1H3,(H,30,31). The summed E-state index contributed by atoms with van der Waals surface area (Å²) < 4.78 is 44.0. The van der Waals surface area contributed by atoms with Crippen molar-refractivity contribution in [2.75, 3.05) is 59.5 Å². The Labute approximate surface area is 228 Å². The van der Waals surface area contributed by atoms with Crippen molar-refractivity contribution in [1.29, 1.82) is 0 Å². The first-order chi connectivity index (χ1) is 18.6. The highest BCUT2D eigenvalue weighted by molar-refractivity contribution is 7.47. The van der Waals surface area contributed by atoms with Crippen LogP contribution >= 0.6 is 7.82 Å². The molecule has 0 bridgehead atoms. The summed E-state index contributed by atoms with van der Waals surface area (Å²) >= 11 is 0. The van der Waals surface area contributed by atoms with E-state index >= 15 is 0 Å². The number of benzene rings is 2. The molecule has 9 heteroatoms. The van der Waals surface area contributed by atoms with Gasteiger partial charge in [0.25, 0.3) is 0 Å². The second-order valence-corrected chi connectivity index (χ2v) is 10.6. The summed E-state index contributed by atoms with van der Waals surface area (Å²) in [5, 5.41) is 2.24. The van der Waals surface area contributed by atoms with Gasteiger partial charge in [-0.3, -0.25) is 9.05 Å². The average Bonchev–Trinajstić information content (AvgIpc) is 2.92. The maximum atomic E-state index is 11.9. The highest BCUT2D eigenvalue weighted by Gasteiger charge is 2.20. The molecule has 1 N–H and O–H groups in total. The van der Waals surface area contributed by atoms with Crippen LogP contribution in [0.4, 0.5) is 0 Å². The molecular formula is C29H47O8P. The Balaban J connectivity index is 1.33. The van der Waals surface area contributed by atoms with E-state index in [9.17, 15) is 9.46 Å². The van der Waals surface area contributed by atoms with Crippen molar-refractivity contribution >= 4 is 18.6 Å². The summed E-state index contributed by atoms with van der Waals surface area (Å²) in [6, 6.07) is 14.1. The second-order valence-electron chi connectivity index (χ2n) is 9.13. The van der Waals surface area contributed by atoms with Crippen LogP contribution in [0, 0.1) is 0 Å². The maximum Gasteiger partial charge on any atom is 0.472 e.